The molecule has 0 aliphatic carbocycles. The summed E-state index contributed by atoms with van der Waals surface area (Å²) in [6.07, 6.45) is -4.36. The highest BCUT2D eigenvalue weighted by Gasteiger charge is 2.50. The van der Waals surface area contributed by atoms with Crippen molar-refractivity contribution in [2.75, 3.05) is 13.1 Å². The second kappa shape index (κ2) is 4.24. The van der Waals surface area contributed by atoms with Crippen molar-refractivity contribution in [3.63, 3.8) is 0 Å². The quantitative estimate of drug-likeness (QED) is 0.708. The van der Waals surface area contributed by atoms with Crippen molar-refractivity contribution >= 4 is 5.97 Å². The number of alkyl halides is 3. The van der Waals surface area contributed by atoms with E-state index < -0.39 is 29.6 Å². The van der Waals surface area contributed by atoms with Crippen LogP contribution in [0.4, 0.5) is 13.2 Å². The van der Waals surface area contributed by atoms with Gasteiger partial charge in [0.1, 0.15) is 5.60 Å². The van der Waals surface area contributed by atoms with E-state index in [0.29, 0.717) is 0 Å². The summed E-state index contributed by atoms with van der Waals surface area (Å²) < 4.78 is 42.6. The third-order valence-corrected chi connectivity index (χ3v) is 2.34. The van der Waals surface area contributed by atoms with E-state index in [1.54, 1.807) is 20.8 Å². The first-order valence-electron chi connectivity index (χ1n) is 5.11. The summed E-state index contributed by atoms with van der Waals surface area (Å²) in [6.45, 7) is 4.72. The number of carbonyl (C=O) groups is 1. The molecule has 0 aromatic heterocycles. The van der Waals surface area contributed by atoms with Gasteiger partial charge in [0, 0.05) is 13.1 Å². The van der Waals surface area contributed by atoms with Gasteiger partial charge in [0.05, 0.1) is 11.8 Å². The van der Waals surface area contributed by atoms with E-state index in [9.17, 15) is 18.0 Å². The Morgan fingerprint density at radius 3 is 2.25 bits per heavy atom. The molecule has 1 aliphatic rings. The molecule has 1 rings (SSSR count). The summed E-state index contributed by atoms with van der Waals surface area (Å²) in [5.74, 6) is -3.54. The van der Waals surface area contributed by atoms with Crippen LogP contribution >= 0.6 is 0 Å². The number of carbonyl (C=O) groups excluding carboxylic acids is 1. The van der Waals surface area contributed by atoms with Crippen LogP contribution in [0.1, 0.15) is 20.8 Å². The Balaban J connectivity index is 2.69. The van der Waals surface area contributed by atoms with Gasteiger partial charge in [-0.1, -0.05) is 0 Å². The molecule has 0 spiro atoms. The Bertz CT molecular complexity index is 270. The van der Waals surface area contributed by atoms with Crippen molar-refractivity contribution in [3.8, 4) is 0 Å². The zero-order valence-corrected chi connectivity index (χ0v) is 9.52. The van der Waals surface area contributed by atoms with E-state index in [2.05, 4.69) is 5.32 Å². The number of hydrogen-bond donors (Lipinski definition) is 1. The second-order valence-corrected chi connectivity index (χ2v) is 4.95. The van der Waals surface area contributed by atoms with E-state index >= 15 is 0 Å². The van der Waals surface area contributed by atoms with Crippen LogP contribution in [0.2, 0.25) is 0 Å². The van der Waals surface area contributed by atoms with Gasteiger partial charge < -0.3 is 10.1 Å². The number of nitrogens with one attached hydrogen (secondary N) is 1. The molecule has 0 amide bonds. The molecule has 94 valence electrons. The van der Waals surface area contributed by atoms with Crippen molar-refractivity contribution in [3.05, 3.63) is 0 Å². The first kappa shape index (κ1) is 13.3. The minimum atomic E-state index is -4.36. The molecule has 6 heteroatoms. The molecular formula is C10H16F3NO2. The van der Waals surface area contributed by atoms with Gasteiger partial charge in [0.25, 0.3) is 0 Å². The smallest absolute Gasteiger partial charge is 0.393 e. The number of ether oxygens (including phenoxy) is 1. The highest BCUT2D eigenvalue weighted by atomic mass is 19.4. The average molecular weight is 239 g/mol. The van der Waals surface area contributed by atoms with Gasteiger partial charge in [0.2, 0.25) is 0 Å². The standard InChI is InChI=1S/C10H16F3NO2/c1-9(2,3)16-8(15)6-4-14-5-7(6)10(11,12)13/h6-7,14H,4-5H2,1-3H3/t6-,7-/m0/s1. The summed E-state index contributed by atoms with van der Waals surface area (Å²) in [4.78, 5) is 11.6. The summed E-state index contributed by atoms with van der Waals surface area (Å²) in [5.41, 5.74) is -0.754. The first-order chi connectivity index (χ1) is 7.11. The predicted molar refractivity (Wildman–Crippen MR) is 51.7 cm³/mol. The molecule has 0 radical (unpaired) electrons. The van der Waals surface area contributed by atoms with Crippen LogP contribution in [-0.4, -0.2) is 30.8 Å². The highest BCUT2D eigenvalue weighted by Crippen LogP contribution is 2.35. The largest absolute Gasteiger partial charge is 0.460 e. The van der Waals surface area contributed by atoms with Gasteiger partial charge >= 0.3 is 12.1 Å². The van der Waals surface area contributed by atoms with Crippen molar-refractivity contribution in [1.29, 1.82) is 0 Å². The van der Waals surface area contributed by atoms with Gasteiger partial charge in [-0.05, 0) is 20.8 Å². The van der Waals surface area contributed by atoms with Crippen LogP contribution in [0.3, 0.4) is 0 Å². The Morgan fingerprint density at radius 1 is 1.25 bits per heavy atom. The molecule has 1 heterocycles. The van der Waals surface area contributed by atoms with Crippen LogP contribution in [0.25, 0.3) is 0 Å². The zero-order chi connectivity index (χ0) is 12.6. The van der Waals surface area contributed by atoms with Crippen LogP contribution in [0.5, 0.6) is 0 Å². The van der Waals surface area contributed by atoms with E-state index in [0.717, 1.165) is 0 Å². The summed E-state index contributed by atoms with van der Waals surface area (Å²) in [5, 5.41) is 2.57. The molecule has 1 fully saturated rings. The first-order valence-corrected chi connectivity index (χ1v) is 5.11. The molecule has 1 saturated heterocycles. The Kier molecular flexibility index (Phi) is 3.52. The van der Waals surface area contributed by atoms with Crippen LogP contribution in [0.15, 0.2) is 0 Å². The van der Waals surface area contributed by atoms with Crippen molar-refractivity contribution in [2.24, 2.45) is 11.8 Å². The molecule has 0 aromatic rings. The number of rotatable bonds is 1. The van der Waals surface area contributed by atoms with Crippen LogP contribution < -0.4 is 5.32 Å². The molecule has 0 unspecified atom stereocenters. The van der Waals surface area contributed by atoms with Gasteiger partial charge in [-0.3, -0.25) is 4.79 Å². The van der Waals surface area contributed by atoms with Crippen LogP contribution in [-0.2, 0) is 9.53 Å². The molecule has 2 atom stereocenters. The normalized spacial score (nSPS) is 26.9. The van der Waals surface area contributed by atoms with E-state index in [4.69, 9.17) is 4.74 Å². The summed E-state index contributed by atoms with van der Waals surface area (Å²) >= 11 is 0. The second-order valence-electron chi connectivity index (χ2n) is 4.95. The van der Waals surface area contributed by atoms with E-state index in [1.807, 2.05) is 0 Å². The molecular weight excluding hydrogens is 223 g/mol. The molecule has 3 nitrogen and oxygen atoms in total. The number of hydrogen-bond acceptors (Lipinski definition) is 3. The zero-order valence-electron chi connectivity index (χ0n) is 9.52. The molecule has 0 saturated carbocycles. The van der Waals surface area contributed by atoms with Gasteiger partial charge in [-0.2, -0.15) is 13.2 Å². The maximum Gasteiger partial charge on any atom is 0.393 e. The fourth-order valence-corrected chi connectivity index (χ4v) is 1.65. The van der Waals surface area contributed by atoms with E-state index in [-0.39, 0.29) is 13.1 Å². The maximum atomic E-state index is 12.6. The Hall–Kier alpha value is -0.780. The van der Waals surface area contributed by atoms with Crippen molar-refractivity contribution < 1.29 is 22.7 Å². The van der Waals surface area contributed by atoms with Crippen LogP contribution in [0, 0.1) is 11.8 Å². The maximum absolute atomic E-state index is 12.6. The highest BCUT2D eigenvalue weighted by molar-refractivity contribution is 5.74. The average Bonchev–Trinajstić information content (AvgIpc) is 2.45. The predicted octanol–water partition coefficient (Wildman–Crippen LogP) is 1.73. The lowest BCUT2D eigenvalue weighted by Crippen LogP contribution is -2.37. The Labute approximate surface area is 92.3 Å². The minimum absolute atomic E-state index is 0.0269. The molecule has 1 aliphatic heterocycles. The topological polar surface area (TPSA) is 38.3 Å². The lowest BCUT2D eigenvalue weighted by atomic mass is 9.95. The lowest BCUT2D eigenvalue weighted by molar-refractivity contribution is -0.194. The van der Waals surface area contributed by atoms with Gasteiger partial charge in [0.15, 0.2) is 0 Å². The van der Waals surface area contributed by atoms with Gasteiger partial charge in [-0.25, -0.2) is 0 Å². The monoisotopic (exact) mass is 239 g/mol. The summed E-state index contributed by atoms with van der Waals surface area (Å²) in [6, 6.07) is 0. The van der Waals surface area contributed by atoms with Crippen molar-refractivity contribution in [1.82, 2.24) is 5.32 Å². The third-order valence-electron chi connectivity index (χ3n) is 2.34. The van der Waals surface area contributed by atoms with Crippen molar-refractivity contribution in [2.45, 2.75) is 32.5 Å². The fraction of sp³-hybridized carbons (Fsp3) is 0.900. The number of esters is 1. The molecule has 0 aromatic carbocycles. The molecule has 0 bridgehead atoms. The lowest BCUT2D eigenvalue weighted by Gasteiger charge is -2.25. The Morgan fingerprint density at radius 2 is 1.81 bits per heavy atom. The third kappa shape index (κ3) is 3.37. The van der Waals surface area contributed by atoms with Gasteiger partial charge in [-0.15, -0.1) is 0 Å². The SMILES string of the molecule is CC(C)(C)OC(=O)[C@H]1CNC[C@@H]1C(F)(F)F. The molecule has 1 N–H and O–H groups in total. The minimum Gasteiger partial charge on any atom is -0.460 e. The van der Waals surface area contributed by atoms with E-state index in [1.165, 1.54) is 0 Å². The summed E-state index contributed by atoms with van der Waals surface area (Å²) in [7, 11) is 0. The number of halogens is 3. The molecule has 16 heavy (non-hydrogen) atoms. The fourth-order valence-electron chi connectivity index (χ4n) is 1.65.